The van der Waals surface area contributed by atoms with E-state index in [1.807, 2.05) is 30.3 Å². The minimum Gasteiger partial charge on any atom is -0.453 e. The summed E-state index contributed by atoms with van der Waals surface area (Å²) in [6.07, 6.45) is 3.14. The average Bonchev–Trinajstić information content (AvgIpc) is 3.29. The van der Waals surface area contributed by atoms with E-state index in [2.05, 4.69) is 25.1 Å². The molecule has 0 aliphatic carbocycles. The number of ether oxygens (including phenoxy) is 1. The van der Waals surface area contributed by atoms with Crippen LogP contribution in [0.25, 0.3) is 5.69 Å². The van der Waals surface area contributed by atoms with Gasteiger partial charge >= 0.3 is 12.1 Å². The quantitative estimate of drug-likeness (QED) is 0.448. The third kappa shape index (κ3) is 6.35. The molecular formula is C23H27N5O5S. The standard InChI is InChI=1S/C23H27N5O5S/c1-16(2)34(31,32)27-22(29)26-20(15-17-7-5-4-6-8-17)21-24-13-14-28(21)19-11-9-18(10-12-19)25-23(30)33-3/h4-14,16,20H,15H2,1-3H3,(H,25,30)(H2,26,27,29)/t20-/m0/s1. The molecule has 3 N–H and O–H groups in total. The van der Waals surface area contributed by atoms with E-state index in [-0.39, 0.29) is 0 Å². The van der Waals surface area contributed by atoms with Crippen LogP contribution in [0.3, 0.4) is 0 Å². The molecular weight excluding hydrogens is 458 g/mol. The number of hydrogen-bond acceptors (Lipinski definition) is 6. The van der Waals surface area contributed by atoms with Crippen LogP contribution < -0.4 is 15.4 Å². The van der Waals surface area contributed by atoms with Gasteiger partial charge in [0.1, 0.15) is 5.82 Å². The van der Waals surface area contributed by atoms with Crippen molar-refractivity contribution in [3.63, 3.8) is 0 Å². The molecule has 1 aromatic heterocycles. The van der Waals surface area contributed by atoms with Gasteiger partial charge in [0.2, 0.25) is 10.0 Å². The normalized spacial score (nSPS) is 12.1. The van der Waals surface area contributed by atoms with Crippen LogP contribution in [0.4, 0.5) is 15.3 Å². The number of methoxy groups -OCH3 is 1. The Labute approximate surface area is 198 Å². The summed E-state index contributed by atoms with van der Waals surface area (Å²) in [4.78, 5) is 28.4. The summed E-state index contributed by atoms with van der Waals surface area (Å²) in [5.41, 5.74) is 2.22. The topological polar surface area (TPSA) is 131 Å². The molecule has 180 valence electrons. The summed E-state index contributed by atoms with van der Waals surface area (Å²) in [5, 5.41) is 4.57. The molecule has 0 radical (unpaired) electrons. The first-order chi connectivity index (χ1) is 16.2. The Kier molecular flexibility index (Phi) is 7.90. The lowest BCUT2D eigenvalue weighted by atomic mass is 10.1. The molecule has 34 heavy (non-hydrogen) atoms. The van der Waals surface area contributed by atoms with E-state index < -0.39 is 33.4 Å². The second-order valence-corrected chi connectivity index (χ2v) is 9.97. The minimum atomic E-state index is -3.80. The molecule has 3 rings (SSSR count). The van der Waals surface area contributed by atoms with Crippen LogP contribution in [0, 0.1) is 0 Å². The largest absolute Gasteiger partial charge is 0.453 e. The maximum absolute atomic E-state index is 12.6. The van der Waals surface area contributed by atoms with Gasteiger partial charge in [-0.05, 0) is 50.1 Å². The van der Waals surface area contributed by atoms with Gasteiger partial charge in [0, 0.05) is 23.8 Å². The first-order valence-corrected chi connectivity index (χ1v) is 12.1. The first-order valence-electron chi connectivity index (χ1n) is 10.5. The number of aromatic nitrogens is 2. The second kappa shape index (κ2) is 10.8. The van der Waals surface area contributed by atoms with E-state index >= 15 is 0 Å². The Bertz CT molecular complexity index is 1220. The number of urea groups is 1. The van der Waals surface area contributed by atoms with Crippen molar-refractivity contribution in [1.82, 2.24) is 19.6 Å². The van der Waals surface area contributed by atoms with Crippen molar-refractivity contribution in [2.75, 3.05) is 12.4 Å². The number of carbonyl (C=O) groups is 2. The van der Waals surface area contributed by atoms with Gasteiger partial charge in [-0.25, -0.2) is 27.7 Å². The maximum Gasteiger partial charge on any atom is 0.411 e. The predicted molar refractivity (Wildman–Crippen MR) is 128 cm³/mol. The number of imidazole rings is 1. The van der Waals surface area contributed by atoms with Crippen LogP contribution in [0.15, 0.2) is 67.0 Å². The fourth-order valence-electron chi connectivity index (χ4n) is 3.16. The van der Waals surface area contributed by atoms with Gasteiger partial charge in [0.05, 0.1) is 18.4 Å². The van der Waals surface area contributed by atoms with Crippen LogP contribution >= 0.6 is 0 Å². The number of nitrogens with zero attached hydrogens (tertiary/aromatic N) is 2. The van der Waals surface area contributed by atoms with Crippen LogP contribution in [0.5, 0.6) is 0 Å². The smallest absolute Gasteiger partial charge is 0.411 e. The van der Waals surface area contributed by atoms with Crippen molar-refractivity contribution in [1.29, 1.82) is 0 Å². The van der Waals surface area contributed by atoms with Crippen LogP contribution in [-0.4, -0.2) is 42.5 Å². The van der Waals surface area contributed by atoms with E-state index in [4.69, 9.17) is 0 Å². The van der Waals surface area contributed by atoms with Gasteiger partial charge in [0.25, 0.3) is 0 Å². The highest BCUT2D eigenvalue weighted by atomic mass is 32.2. The monoisotopic (exact) mass is 485 g/mol. The van der Waals surface area contributed by atoms with E-state index in [9.17, 15) is 18.0 Å². The minimum absolute atomic E-state index is 0.384. The van der Waals surface area contributed by atoms with Gasteiger partial charge in [-0.1, -0.05) is 30.3 Å². The molecule has 0 spiro atoms. The van der Waals surface area contributed by atoms with Crippen molar-refractivity contribution in [2.45, 2.75) is 31.6 Å². The molecule has 0 saturated heterocycles. The number of carbonyl (C=O) groups excluding carboxylic acids is 2. The van der Waals surface area contributed by atoms with E-state index in [1.54, 1.807) is 41.2 Å². The van der Waals surface area contributed by atoms with Crippen molar-refractivity contribution in [3.05, 3.63) is 78.4 Å². The summed E-state index contributed by atoms with van der Waals surface area (Å²) in [6.45, 7) is 2.98. The van der Waals surface area contributed by atoms with Crippen LogP contribution in [0.2, 0.25) is 0 Å². The zero-order chi connectivity index (χ0) is 24.7. The summed E-state index contributed by atoms with van der Waals surface area (Å²) in [5.74, 6) is 0.509. The molecule has 1 heterocycles. The van der Waals surface area contributed by atoms with Crippen molar-refractivity contribution >= 4 is 27.8 Å². The Morgan fingerprint density at radius 1 is 1.06 bits per heavy atom. The lowest BCUT2D eigenvalue weighted by Gasteiger charge is -2.21. The Hall–Kier alpha value is -3.86. The molecule has 0 aliphatic rings. The molecule has 0 fully saturated rings. The molecule has 0 bridgehead atoms. The van der Waals surface area contributed by atoms with Gasteiger partial charge in [-0.3, -0.25) is 5.32 Å². The Morgan fingerprint density at radius 2 is 1.74 bits per heavy atom. The molecule has 11 heteroatoms. The lowest BCUT2D eigenvalue weighted by molar-refractivity contribution is 0.187. The highest BCUT2D eigenvalue weighted by Gasteiger charge is 2.24. The summed E-state index contributed by atoms with van der Waals surface area (Å²) in [7, 11) is -2.52. The molecule has 3 aromatic rings. The van der Waals surface area contributed by atoms with Crippen LogP contribution in [-0.2, 0) is 21.2 Å². The fraction of sp³-hybridized carbons (Fsp3) is 0.261. The maximum atomic E-state index is 12.6. The highest BCUT2D eigenvalue weighted by Crippen LogP contribution is 2.22. The Balaban J connectivity index is 1.89. The molecule has 0 aliphatic heterocycles. The molecule has 2 aromatic carbocycles. The van der Waals surface area contributed by atoms with Crippen molar-refractivity contribution < 1.29 is 22.7 Å². The molecule has 3 amide bonds. The summed E-state index contributed by atoms with van der Waals surface area (Å²) >= 11 is 0. The third-order valence-electron chi connectivity index (χ3n) is 5.00. The lowest BCUT2D eigenvalue weighted by Crippen LogP contribution is -2.44. The van der Waals surface area contributed by atoms with E-state index in [1.165, 1.54) is 21.0 Å². The van der Waals surface area contributed by atoms with Gasteiger partial charge in [-0.2, -0.15) is 0 Å². The second-order valence-electron chi connectivity index (χ2n) is 7.73. The number of hydrogen-bond donors (Lipinski definition) is 3. The first kappa shape index (κ1) is 24.8. The SMILES string of the molecule is COC(=O)Nc1ccc(-n2ccnc2[C@H](Cc2ccccc2)NC(=O)NS(=O)(=O)C(C)C)cc1. The van der Waals surface area contributed by atoms with E-state index in [0.29, 0.717) is 17.9 Å². The molecule has 0 saturated carbocycles. The fourth-order valence-corrected chi connectivity index (χ4v) is 3.71. The van der Waals surface area contributed by atoms with Gasteiger partial charge in [-0.15, -0.1) is 0 Å². The number of nitrogens with one attached hydrogen (secondary N) is 3. The summed E-state index contributed by atoms with van der Waals surface area (Å²) < 4.78 is 32.7. The highest BCUT2D eigenvalue weighted by molar-refractivity contribution is 7.90. The average molecular weight is 486 g/mol. The predicted octanol–water partition coefficient (Wildman–Crippen LogP) is 3.37. The summed E-state index contributed by atoms with van der Waals surface area (Å²) in [6, 6.07) is 15.0. The number of amides is 3. The third-order valence-corrected chi connectivity index (χ3v) is 6.71. The van der Waals surface area contributed by atoms with Crippen LogP contribution in [0.1, 0.15) is 31.3 Å². The molecule has 10 nitrogen and oxygen atoms in total. The number of benzene rings is 2. The number of sulfonamides is 1. The number of rotatable bonds is 8. The zero-order valence-corrected chi connectivity index (χ0v) is 19.9. The molecule has 0 unspecified atom stereocenters. The zero-order valence-electron chi connectivity index (χ0n) is 19.1. The number of anilines is 1. The Morgan fingerprint density at radius 3 is 2.35 bits per heavy atom. The van der Waals surface area contributed by atoms with Crippen molar-refractivity contribution in [2.24, 2.45) is 0 Å². The van der Waals surface area contributed by atoms with Crippen molar-refractivity contribution in [3.8, 4) is 5.69 Å². The van der Waals surface area contributed by atoms with E-state index in [0.717, 1.165) is 11.3 Å². The molecule has 1 atom stereocenters. The van der Waals surface area contributed by atoms with Gasteiger partial charge in [0.15, 0.2) is 0 Å². The van der Waals surface area contributed by atoms with Gasteiger partial charge < -0.3 is 14.6 Å².